The van der Waals surface area contributed by atoms with Gasteiger partial charge in [-0.3, -0.25) is 4.57 Å². The quantitative estimate of drug-likeness (QED) is 0.383. The molecule has 0 atom stereocenters. The number of nitrogens with two attached hydrogens (primary N) is 1. The molecule has 4 aromatic heterocycles. The van der Waals surface area contributed by atoms with Gasteiger partial charge < -0.3 is 15.8 Å². The van der Waals surface area contributed by atoms with E-state index in [4.69, 9.17) is 20.4 Å². The fraction of sp³-hybridized carbons (Fsp3) is 0.192. The van der Waals surface area contributed by atoms with E-state index >= 15 is 0 Å². The minimum absolute atomic E-state index is 0.337. The highest BCUT2D eigenvalue weighted by atomic mass is 16.6. The summed E-state index contributed by atoms with van der Waals surface area (Å²) in [5, 5.41) is 7.07. The zero-order valence-corrected chi connectivity index (χ0v) is 20.2. The van der Waals surface area contributed by atoms with Crippen molar-refractivity contribution in [1.82, 2.24) is 34.6 Å². The minimum Gasteiger partial charge on any atom is -0.444 e. The van der Waals surface area contributed by atoms with Crippen molar-refractivity contribution >= 4 is 23.1 Å². The third kappa shape index (κ3) is 4.74. The Morgan fingerprint density at radius 2 is 1.83 bits per heavy atom. The van der Waals surface area contributed by atoms with Crippen molar-refractivity contribution in [2.24, 2.45) is 0 Å². The largest absolute Gasteiger partial charge is 0.444 e. The smallest absolute Gasteiger partial charge is 0.407 e. The number of carbonyl (C=O) groups excluding carboxylic acids is 1. The summed E-state index contributed by atoms with van der Waals surface area (Å²) in [7, 11) is 0. The van der Waals surface area contributed by atoms with Gasteiger partial charge in [-0.25, -0.2) is 24.4 Å². The van der Waals surface area contributed by atoms with Crippen molar-refractivity contribution < 1.29 is 9.53 Å². The van der Waals surface area contributed by atoms with E-state index in [2.05, 4.69) is 15.4 Å². The monoisotopic (exact) mass is 482 g/mol. The average molecular weight is 483 g/mol. The van der Waals surface area contributed by atoms with Crippen molar-refractivity contribution in [3.8, 4) is 22.9 Å². The lowest BCUT2D eigenvalue weighted by Crippen LogP contribution is -2.32. The molecule has 0 aliphatic heterocycles. The van der Waals surface area contributed by atoms with Gasteiger partial charge in [0.05, 0.1) is 5.56 Å². The molecule has 4 heterocycles. The fourth-order valence-electron chi connectivity index (χ4n) is 3.76. The van der Waals surface area contributed by atoms with Gasteiger partial charge in [0, 0.05) is 30.8 Å². The summed E-state index contributed by atoms with van der Waals surface area (Å²) in [6.45, 7) is 5.82. The van der Waals surface area contributed by atoms with Crippen molar-refractivity contribution in [3.63, 3.8) is 0 Å². The summed E-state index contributed by atoms with van der Waals surface area (Å²) in [4.78, 5) is 25.9. The molecule has 10 heteroatoms. The summed E-state index contributed by atoms with van der Waals surface area (Å²) >= 11 is 0. The average Bonchev–Trinajstić information content (AvgIpc) is 3.50. The first-order valence-corrected chi connectivity index (χ1v) is 11.4. The molecule has 0 unspecified atom stereocenters. The summed E-state index contributed by atoms with van der Waals surface area (Å²) in [6, 6.07) is 17.1. The molecule has 0 saturated heterocycles. The van der Waals surface area contributed by atoms with Crippen LogP contribution in [-0.4, -0.2) is 41.0 Å². The summed E-state index contributed by atoms with van der Waals surface area (Å²) < 4.78 is 8.95. The molecular formula is C26H26N8O2. The standard InChI is InChI=1S/C26H26N8O2/c1-26(2,3)36-25(35)29-16-17-7-9-18(10-8-17)34-23(19-6-4-13-28-22(19)27)31-20-11-12-21(32-24(20)34)33-15-5-14-30-33/h4-15H,16H2,1-3H3,(H2,27,28)(H,29,35). The number of aromatic nitrogens is 6. The number of amides is 1. The zero-order valence-electron chi connectivity index (χ0n) is 20.2. The van der Waals surface area contributed by atoms with Gasteiger partial charge in [-0.05, 0) is 68.8 Å². The van der Waals surface area contributed by atoms with Crippen LogP contribution in [0.5, 0.6) is 0 Å². The van der Waals surface area contributed by atoms with Gasteiger partial charge in [0.1, 0.15) is 16.9 Å². The van der Waals surface area contributed by atoms with E-state index in [-0.39, 0.29) is 0 Å². The van der Waals surface area contributed by atoms with Crippen LogP contribution in [0.4, 0.5) is 10.6 Å². The number of hydrogen-bond acceptors (Lipinski definition) is 7. The normalized spacial score (nSPS) is 11.5. The van der Waals surface area contributed by atoms with Gasteiger partial charge in [0.15, 0.2) is 17.3 Å². The SMILES string of the molecule is CC(C)(C)OC(=O)NCc1ccc(-n2c(-c3cccnc3N)nc3ccc(-n4cccn4)nc32)cc1. The van der Waals surface area contributed by atoms with E-state index < -0.39 is 11.7 Å². The first-order chi connectivity index (χ1) is 17.3. The highest BCUT2D eigenvalue weighted by molar-refractivity contribution is 5.83. The number of hydrogen-bond donors (Lipinski definition) is 2. The molecule has 182 valence electrons. The number of pyridine rings is 2. The molecule has 5 aromatic rings. The number of nitrogen functional groups attached to an aromatic ring is 1. The molecule has 1 amide bonds. The lowest BCUT2D eigenvalue weighted by atomic mass is 10.2. The van der Waals surface area contributed by atoms with Gasteiger partial charge in [-0.1, -0.05) is 12.1 Å². The number of nitrogens with one attached hydrogen (secondary N) is 1. The highest BCUT2D eigenvalue weighted by Gasteiger charge is 2.19. The number of ether oxygens (including phenoxy) is 1. The molecule has 5 rings (SSSR count). The number of benzene rings is 1. The summed E-state index contributed by atoms with van der Waals surface area (Å²) in [5.74, 6) is 1.66. The molecule has 10 nitrogen and oxygen atoms in total. The predicted molar refractivity (Wildman–Crippen MR) is 137 cm³/mol. The third-order valence-electron chi connectivity index (χ3n) is 5.34. The Morgan fingerprint density at radius 3 is 2.53 bits per heavy atom. The number of imidazole rings is 1. The molecule has 0 saturated carbocycles. The van der Waals surface area contributed by atoms with Crippen LogP contribution in [0.3, 0.4) is 0 Å². The second-order valence-corrected chi connectivity index (χ2v) is 9.19. The molecule has 1 aromatic carbocycles. The first-order valence-electron chi connectivity index (χ1n) is 11.4. The number of anilines is 1. The van der Waals surface area contributed by atoms with Crippen LogP contribution < -0.4 is 11.1 Å². The summed E-state index contributed by atoms with van der Waals surface area (Å²) in [6.07, 6.45) is 4.72. The van der Waals surface area contributed by atoms with Crippen LogP contribution in [0.25, 0.3) is 34.1 Å². The van der Waals surface area contributed by atoms with Crippen LogP contribution in [0.1, 0.15) is 26.3 Å². The van der Waals surface area contributed by atoms with Gasteiger partial charge in [0.2, 0.25) is 0 Å². The molecule has 0 radical (unpaired) electrons. The molecule has 0 aliphatic carbocycles. The Balaban J connectivity index is 1.54. The maximum absolute atomic E-state index is 12.0. The third-order valence-corrected chi connectivity index (χ3v) is 5.34. The molecular weight excluding hydrogens is 456 g/mol. The van der Waals surface area contributed by atoms with Crippen LogP contribution in [0.15, 0.2) is 73.2 Å². The topological polar surface area (TPSA) is 126 Å². The minimum atomic E-state index is -0.553. The van der Waals surface area contributed by atoms with E-state index in [9.17, 15) is 4.79 Å². The highest BCUT2D eigenvalue weighted by Crippen LogP contribution is 2.30. The first kappa shape index (κ1) is 23.0. The van der Waals surface area contributed by atoms with Crippen molar-refractivity contribution in [3.05, 3.63) is 78.8 Å². The van der Waals surface area contributed by atoms with Gasteiger partial charge >= 0.3 is 6.09 Å². The van der Waals surface area contributed by atoms with Crippen LogP contribution in [-0.2, 0) is 11.3 Å². The van der Waals surface area contributed by atoms with Crippen molar-refractivity contribution in [2.75, 3.05) is 5.73 Å². The Bertz CT molecular complexity index is 1520. The second kappa shape index (κ2) is 9.14. The predicted octanol–water partition coefficient (Wildman–Crippen LogP) is 4.28. The Labute approximate surface area is 207 Å². The molecule has 36 heavy (non-hydrogen) atoms. The van der Waals surface area contributed by atoms with Crippen LogP contribution in [0.2, 0.25) is 0 Å². The molecule has 0 fully saturated rings. The molecule has 0 aliphatic rings. The van der Waals surface area contributed by atoms with E-state index in [0.717, 1.165) is 11.3 Å². The number of fused-ring (bicyclic) bond motifs is 1. The second-order valence-electron chi connectivity index (χ2n) is 9.19. The van der Waals surface area contributed by atoms with E-state index in [1.807, 2.05) is 86.1 Å². The maximum atomic E-state index is 12.0. The molecule has 0 spiro atoms. The maximum Gasteiger partial charge on any atom is 0.407 e. The number of carbonyl (C=O) groups is 1. The van der Waals surface area contributed by atoms with Gasteiger partial charge in [0.25, 0.3) is 0 Å². The Hall–Kier alpha value is -4.73. The number of nitrogens with zero attached hydrogens (tertiary/aromatic N) is 6. The Morgan fingerprint density at radius 1 is 1.03 bits per heavy atom. The van der Waals surface area contributed by atoms with E-state index in [1.54, 1.807) is 17.1 Å². The van der Waals surface area contributed by atoms with Crippen molar-refractivity contribution in [1.29, 1.82) is 0 Å². The van der Waals surface area contributed by atoms with Crippen LogP contribution in [0, 0.1) is 0 Å². The number of rotatable bonds is 5. The van der Waals surface area contributed by atoms with Gasteiger partial charge in [-0.15, -0.1) is 0 Å². The van der Waals surface area contributed by atoms with E-state index in [1.165, 1.54) is 0 Å². The fourth-order valence-corrected chi connectivity index (χ4v) is 3.76. The van der Waals surface area contributed by atoms with Gasteiger partial charge in [-0.2, -0.15) is 5.10 Å². The lowest BCUT2D eigenvalue weighted by Gasteiger charge is -2.19. The summed E-state index contributed by atoms with van der Waals surface area (Å²) in [5.41, 5.74) is 9.48. The lowest BCUT2D eigenvalue weighted by molar-refractivity contribution is 0.0523. The molecule has 3 N–H and O–H groups in total. The Kier molecular flexibility index (Phi) is 5.85. The number of alkyl carbamates (subject to hydrolysis) is 1. The zero-order chi connectivity index (χ0) is 25.3. The van der Waals surface area contributed by atoms with E-state index in [0.29, 0.717) is 40.7 Å². The van der Waals surface area contributed by atoms with Crippen LogP contribution >= 0.6 is 0 Å². The molecule has 0 bridgehead atoms. The van der Waals surface area contributed by atoms with Crippen molar-refractivity contribution in [2.45, 2.75) is 32.9 Å².